The molecule has 35 heavy (non-hydrogen) atoms. The van der Waals surface area contributed by atoms with Gasteiger partial charge in [-0.05, 0) is 67.8 Å². The maximum Gasteiger partial charge on any atom is 0.335 e. The predicted molar refractivity (Wildman–Crippen MR) is 131 cm³/mol. The van der Waals surface area contributed by atoms with Crippen molar-refractivity contribution in [3.05, 3.63) is 89.5 Å². The lowest BCUT2D eigenvalue weighted by atomic mass is 9.99. The van der Waals surface area contributed by atoms with E-state index in [9.17, 15) is 24.6 Å². The Labute approximate surface area is 203 Å². The van der Waals surface area contributed by atoms with E-state index in [2.05, 4.69) is 5.32 Å². The van der Waals surface area contributed by atoms with Gasteiger partial charge in [-0.3, -0.25) is 4.79 Å². The zero-order chi connectivity index (χ0) is 25.2. The highest BCUT2D eigenvalue weighted by Crippen LogP contribution is 2.24. The number of amides is 1. The molecular formula is C27H27NO7. The van der Waals surface area contributed by atoms with E-state index < -0.39 is 23.8 Å². The first kappa shape index (κ1) is 25.3. The lowest BCUT2D eigenvalue weighted by molar-refractivity contribution is -0.117. The van der Waals surface area contributed by atoms with Crippen molar-refractivity contribution in [1.29, 1.82) is 0 Å². The molecule has 1 unspecified atom stereocenters. The number of hydrogen-bond acceptors (Lipinski definition) is 5. The van der Waals surface area contributed by atoms with Crippen LogP contribution in [-0.4, -0.2) is 41.3 Å². The second kappa shape index (κ2) is 12.2. The number of aromatic carboxylic acids is 2. The van der Waals surface area contributed by atoms with Crippen LogP contribution in [0.5, 0.6) is 11.5 Å². The van der Waals surface area contributed by atoms with Gasteiger partial charge in [0.25, 0.3) is 0 Å². The molecule has 182 valence electrons. The number of nitrogens with one attached hydrogen (secondary N) is 1. The molecule has 8 heteroatoms. The highest BCUT2D eigenvalue weighted by atomic mass is 16.5. The maximum absolute atomic E-state index is 12.8. The number of para-hydroxylation sites is 1. The Hall–Kier alpha value is -4.33. The summed E-state index contributed by atoms with van der Waals surface area (Å²) in [5.74, 6) is -2.09. The number of rotatable bonds is 12. The average Bonchev–Trinajstić information content (AvgIpc) is 2.86. The van der Waals surface area contributed by atoms with Crippen LogP contribution < -0.4 is 14.8 Å². The maximum atomic E-state index is 12.8. The smallest absolute Gasteiger partial charge is 0.335 e. The minimum absolute atomic E-state index is 0.101. The van der Waals surface area contributed by atoms with Crippen molar-refractivity contribution in [2.75, 3.05) is 18.5 Å². The summed E-state index contributed by atoms with van der Waals surface area (Å²) in [4.78, 5) is 35.4. The molecule has 1 atom stereocenters. The minimum atomic E-state index is -1.28. The second-order valence-electron chi connectivity index (χ2n) is 7.91. The van der Waals surface area contributed by atoms with Gasteiger partial charge in [0, 0.05) is 5.69 Å². The highest BCUT2D eigenvalue weighted by Gasteiger charge is 2.18. The van der Waals surface area contributed by atoms with Crippen LogP contribution in [0.25, 0.3) is 0 Å². The number of carbonyl (C=O) groups excluding carboxylic acids is 1. The van der Waals surface area contributed by atoms with Crippen LogP contribution in [0.3, 0.4) is 0 Å². The molecule has 3 rings (SSSR count). The molecule has 3 N–H and O–H groups in total. The zero-order valence-electron chi connectivity index (χ0n) is 19.3. The van der Waals surface area contributed by atoms with Crippen LogP contribution in [0.1, 0.15) is 52.0 Å². The summed E-state index contributed by atoms with van der Waals surface area (Å²) < 4.78 is 11.5. The SMILES string of the molecule is CC(C(=O)Nc1cc(C(=O)O)cc(C(=O)O)c1)c1cccc(OCCCCOc2ccccc2)c1. The van der Waals surface area contributed by atoms with E-state index in [1.54, 1.807) is 25.1 Å². The van der Waals surface area contributed by atoms with E-state index >= 15 is 0 Å². The first-order chi connectivity index (χ1) is 16.8. The molecule has 0 saturated carbocycles. The molecule has 0 aliphatic carbocycles. The van der Waals surface area contributed by atoms with Gasteiger partial charge in [0.2, 0.25) is 5.91 Å². The van der Waals surface area contributed by atoms with Gasteiger partial charge in [-0.2, -0.15) is 0 Å². The number of carbonyl (C=O) groups is 3. The minimum Gasteiger partial charge on any atom is -0.494 e. The number of unbranched alkanes of at least 4 members (excludes halogenated alkanes) is 1. The van der Waals surface area contributed by atoms with Gasteiger partial charge >= 0.3 is 11.9 Å². The van der Waals surface area contributed by atoms with E-state index in [1.807, 2.05) is 36.4 Å². The van der Waals surface area contributed by atoms with Gasteiger partial charge in [-0.25, -0.2) is 9.59 Å². The average molecular weight is 478 g/mol. The van der Waals surface area contributed by atoms with Gasteiger partial charge in [0.1, 0.15) is 11.5 Å². The lowest BCUT2D eigenvalue weighted by Gasteiger charge is -2.15. The van der Waals surface area contributed by atoms with Crippen molar-refractivity contribution in [3.8, 4) is 11.5 Å². The molecular weight excluding hydrogens is 450 g/mol. The van der Waals surface area contributed by atoms with Gasteiger partial charge < -0.3 is 25.0 Å². The molecule has 3 aromatic carbocycles. The van der Waals surface area contributed by atoms with E-state index in [0.717, 1.165) is 24.7 Å². The molecule has 0 aromatic heterocycles. The van der Waals surface area contributed by atoms with E-state index in [-0.39, 0.29) is 16.8 Å². The molecule has 0 bridgehead atoms. The fraction of sp³-hybridized carbons (Fsp3) is 0.222. The molecule has 0 fully saturated rings. The predicted octanol–water partition coefficient (Wildman–Crippen LogP) is 5.06. The summed E-state index contributed by atoms with van der Waals surface area (Å²) in [5.41, 5.74) is 0.361. The van der Waals surface area contributed by atoms with Gasteiger partial charge in [-0.15, -0.1) is 0 Å². The topological polar surface area (TPSA) is 122 Å². The molecule has 0 aliphatic heterocycles. The van der Waals surface area contributed by atoms with Crippen LogP contribution in [0.4, 0.5) is 5.69 Å². The van der Waals surface area contributed by atoms with Crippen molar-refractivity contribution >= 4 is 23.5 Å². The van der Waals surface area contributed by atoms with Crippen LogP contribution in [0.2, 0.25) is 0 Å². The van der Waals surface area contributed by atoms with Crippen LogP contribution in [-0.2, 0) is 4.79 Å². The monoisotopic (exact) mass is 477 g/mol. The summed E-state index contributed by atoms with van der Waals surface area (Å²) in [5, 5.41) is 21.0. The third-order valence-corrected chi connectivity index (χ3v) is 5.27. The number of carboxylic acid groups (broad SMARTS) is 2. The molecule has 0 aliphatic rings. The Morgan fingerprint density at radius 2 is 1.34 bits per heavy atom. The Morgan fingerprint density at radius 3 is 1.94 bits per heavy atom. The second-order valence-corrected chi connectivity index (χ2v) is 7.91. The Balaban J connectivity index is 1.53. The fourth-order valence-electron chi connectivity index (χ4n) is 3.32. The molecule has 0 heterocycles. The first-order valence-corrected chi connectivity index (χ1v) is 11.2. The summed E-state index contributed by atoms with van der Waals surface area (Å²) in [6, 6.07) is 20.3. The van der Waals surface area contributed by atoms with E-state index in [1.165, 1.54) is 12.1 Å². The molecule has 3 aromatic rings. The number of carboxylic acids is 2. The molecule has 0 radical (unpaired) electrons. The number of hydrogen-bond donors (Lipinski definition) is 3. The van der Waals surface area contributed by atoms with Crippen LogP contribution in [0, 0.1) is 0 Å². The molecule has 0 spiro atoms. The number of benzene rings is 3. The largest absolute Gasteiger partial charge is 0.494 e. The van der Waals surface area contributed by atoms with Gasteiger partial charge in [0.15, 0.2) is 0 Å². The number of ether oxygens (including phenoxy) is 2. The van der Waals surface area contributed by atoms with E-state index in [4.69, 9.17) is 9.47 Å². The van der Waals surface area contributed by atoms with Gasteiger partial charge in [0.05, 0.1) is 30.3 Å². The third kappa shape index (κ3) is 7.60. The quantitative estimate of drug-likeness (QED) is 0.312. The standard InChI is InChI=1S/C27H27NO7/c1-18(25(29)28-22-15-20(26(30)31)14-21(16-22)27(32)33)19-8-7-11-24(17-19)35-13-6-5-12-34-23-9-3-2-4-10-23/h2-4,7-11,14-18H,5-6,12-13H2,1H3,(H,28,29)(H,30,31)(H,32,33). The molecule has 1 amide bonds. The fourth-order valence-corrected chi connectivity index (χ4v) is 3.32. The molecule has 0 saturated heterocycles. The third-order valence-electron chi connectivity index (χ3n) is 5.27. The van der Waals surface area contributed by atoms with Gasteiger partial charge in [-0.1, -0.05) is 30.3 Å². The van der Waals surface area contributed by atoms with Crippen molar-refractivity contribution in [2.45, 2.75) is 25.7 Å². The summed E-state index contributed by atoms with van der Waals surface area (Å²) in [6.45, 7) is 2.80. The van der Waals surface area contributed by atoms with Crippen molar-refractivity contribution in [1.82, 2.24) is 0 Å². The van der Waals surface area contributed by atoms with Crippen LogP contribution >= 0.6 is 0 Å². The van der Waals surface area contributed by atoms with Crippen molar-refractivity contribution in [2.24, 2.45) is 0 Å². The molecule has 8 nitrogen and oxygen atoms in total. The first-order valence-electron chi connectivity index (χ1n) is 11.2. The zero-order valence-corrected chi connectivity index (χ0v) is 19.3. The highest BCUT2D eigenvalue weighted by molar-refractivity contribution is 6.00. The summed E-state index contributed by atoms with van der Waals surface area (Å²) in [7, 11) is 0. The number of anilines is 1. The normalized spacial score (nSPS) is 11.3. The Morgan fingerprint density at radius 1 is 0.771 bits per heavy atom. The lowest BCUT2D eigenvalue weighted by Crippen LogP contribution is -2.19. The Kier molecular flexibility index (Phi) is 8.83. The van der Waals surface area contributed by atoms with E-state index in [0.29, 0.717) is 24.5 Å². The summed E-state index contributed by atoms with van der Waals surface area (Å²) in [6.07, 6.45) is 1.64. The van der Waals surface area contributed by atoms with Crippen molar-refractivity contribution in [3.63, 3.8) is 0 Å². The summed E-state index contributed by atoms with van der Waals surface area (Å²) >= 11 is 0. The van der Waals surface area contributed by atoms with Crippen LogP contribution in [0.15, 0.2) is 72.8 Å². The Bertz CT molecular complexity index is 1140. The van der Waals surface area contributed by atoms with Crippen molar-refractivity contribution < 1.29 is 34.1 Å².